The molecule has 1 amide bonds. The molecule has 1 unspecified atom stereocenters. The van der Waals surface area contributed by atoms with Crippen LogP contribution in [0.25, 0.3) is 11.1 Å². The summed E-state index contributed by atoms with van der Waals surface area (Å²) in [5, 5.41) is -0.265. The van der Waals surface area contributed by atoms with E-state index in [4.69, 9.17) is 22.1 Å². The molecule has 1 atom stereocenters. The lowest BCUT2D eigenvalue weighted by Gasteiger charge is -2.14. The quantitative estimate of drug-likeness (QED) is 0.685. The Hall–Kier alpha value is -2.92. The summed E-state index contributed by atoms with van der Waals surface area (Å²) in [7, 11) is 0. The molecule has 136 valence electrons. The molecule has 0 fully saturated rings. The number of carbonyl (C=O) groups is 1. The monoisotopic (exact) mass is 385 g/mol. The molecule has 4 rings (SSSR count). The van der Waals surface area contributed by atoms with E-state index >= 15 is 0 Å². The summed E-state index contributed by atoms with van der Waals surface area (Å²) in [5.74, 6) is -2.00. The van der Waals surface area contributed by atoms with Gasteiger partial charge in [-0.3, -0.25) is 4.79 Å². The van der Waals surface area contributed by atoms with Crippen molar-refractivity contribution in [2.75, 3.05) is 0 Å². The number of ether oxygens (including phenoxy) is 1. The number of carbonyl (C=O) groups excluding carboxylic acids is 1. The summed E-state index contributed by atoms with van der Waals surface area (Å²) in [5.41, 5.74) is 6.78. The Morgan fingerprint density at radius 1 is 1.04 bits per heavy atom. The number of rotatable bonds is 3. The van der Waals surface area contributed by atoms with Crippen LogP contribution in [0.2, 0.25) is 5.02 Å². The van der Waals surface area contributed by atoms with Gasteiger partial charge in [0.1, 0.15) is 23.5 Å². The lowest BCUT2D eigenvalue weighted by molar-refractivity contribution is 0.100. The van der Waals surface area contributed by atoms with Crippen molar-refractivity contribution < 1.29 is 18.3 Å². The summed E-state index contributed by atoms with van der Waals surface area (Å²) in [6.45, 7) is 0. The highest BCUT2D eigenvalue weighted by molar-refractivity contribution is 6.34. The minimum absolute atomic E-state index is 0.0622. The van der Waals surface area contributed by atoms with Gasteiger partial charge in [-0.1, -0.05) is 48.0 Å². The van der Waals surface area contributed by atoms with Crippen molar-refractivity contribution in [2.45, 2.75) is 12.5 Å². The molecule has 0 aromatic heterocycles. The van der Waals surface area contributed by atoms with Gasteiger partial charge in [0.15, 0.2) is 0 Å². The second-order valence-corrected chi connectivity index (χ2v) is 6.65. The Balaban J connectivity index is 1.93. The summed E-state index contributed by atoms with van der Waals surface area (Å²) in [6, 6.07) is 14.5. The maximum atomic E-state index is 14.7. The smallest absolute Gasteiger partial charge is 0.249 e. The lowest BCUT2D eigenvalue weighted by Crippen LogP contribution is -2.13. The van der Waals surface area contributed by atoms with Gasteiger partial charge >= 0.3 is 0 Å². The minimum Gasteiger partial charge on any atom is -0.485 e. The highest BCUT2D eigenvalue weighted by Crippen LogP contribution is 2.47. The normalized spacial score (nSPS) is 15.3. The van der Waals surface area contributed by atoms with E-state index in [0.29, 0.717) is 12.0 Å². The molecule has 0 saturated heterocycles. The lowest BCUT2D eigenvalue weighted by atomic mass is 9.91. The van der Waals surface area contributed by atoms with Gasteiger partial charge in [0, 0.05) is 34.7 Å². The van der Waals surface area contributed by atoms with Crippen molar-refractivity contribution in [3.05, 3.63) is 87.9 Å². The molecule has 0 aliphatic carbocycles. The number of hydrogen-bond acceptors (Lipinski definition) is 2. The number of primary amides is 1. The number of nitrogens with two attached hydrogens (primary N) is 1. The fraction of sp³-hybridized carbons (Fsp3) is 0.0952. The Kier molecular flexibility index (Phi) is 4.32. The van der Waals surface area contributed by atoms with Crippen LogP contribution >= 0.6 is 11.6 Å². The molecular formula is C21H14ClF2NO2. The van der Waals surface area contributed by atoms with Crippen LogP contribution in [0, 0.1) is 11.6 Å². The molecule has 0 radical (unpaired) electrons. The molecule has 1 aliphatic heterocycles. The van der Waals surface area contributed by atoms with Gasteiger partial charge in [-0.05, 0) is 17.7 Å². The third-order valence-corrected chi connectivity index (χ3v) is 5.01. The van der Waals surface area contributed by atoms with Crippen LogP contribution in [-0.4, -0.2) is 5.91 Å². The topological polar surface area (TPSA) is 52.3 Å². The van der Waals surface area contributed by atoms with E-state index in [2.05, 4.69) is 0 Å². The zero-order valence-electron chi connectivity index (χ0n) is 14.0. The van der Waals surface area contributed by atoms with E-state index in [9.17, 15) is 13.6 Å². The molecule has 1 aliphatic rings. The predicted molar refractivity (Wildman–Crippen MR) is 98.8 cm³/mol. The molecule has 0 saturated carbocycles. The summed E-state index contributed by atoms with van der Waals surface area (Å²) in [6.07, 6.45) is 0.00270. The van der Waals surface area contributed by atoms with Crippen molar-refractivity contribution >= 4 is 17.5 Å². The third kappa shape index (κ3) is 2.94. The van der Waals surface area contributed by atoms with E-state index in [-0.39, 0.29) is 33.6 Å². The van der Waals surface area contributed by atoms with Crippen LogP contribution in [-0.2, 0) is 6.42 Å². The Morgan fingerprint density at radius 2 is 1.78 bits per heavy atom. The highest BCUT2D eigenvalue weighted by atomic mass is 35.5. The Labute approximate surface area is 159 Å². The van der Waals surface area contributed by atoms with Crippen molar-refractivity contribution in [3.63, 3.8) is 0 Å². The molecule has 3 aromatic rings. The zero-order valence-corrected chi connectivity index (χ0v) is 14.8. The van der Waals surface area contributed by atoms with Gasteiger partial charge in [0.2, 0.25) is 5.91 Å². The number of halogens is 3. The van der Waals surface area contributed by atoms with E-state index in [1.807, 2.05) is 30.3 Å². The van der Waals surface area contributed by atoms with Gasteiger partial charge in [-0.25, -0.2) is 8.78 Å². The second kappa shape index (κ2) is 6.67. The van der Waals surface area contributed by atoms with Crippen molar-refractivity contribution in [1.29, 1.82) is 0 Å². The maximum Gasteiger partial charge on any atom is 0.249 e. The van der Waals surface area contributed by atoms with Crippen LogP contribution in [0.4, 0.5) is 8.78 Å². The Bertz CT molecular complexity index is 1050. The first kappa shape index (κ1) is 17.5. The average molecular weight is 386 g/mol. The molecule has 3 aromatic carbocycles. The van der Waals surface area contributed by atoms with Crippen molar-refractivity contribution in [3.8, 4) is 16.9 Å². The second-order valence-electron chi connectivity index (χ2n) is 6.27. The van der Waals surface area contributed by atoms with Gasteiger partial charge < -0.3 is 10.5 Å². The molecular weight excluding hydrogens is 372 g/mol. The Morgan fingerprint density at radius 3 is 2.48 bits per heavy atom. The molecule has 3 nitrogen and oxygen atoms in total. The van der Waals surface area contributed by atoms with Gasteiger partial charge in [0.25, 0.3) is 0 Å². The van der Waals surface area contributed by atoms with Gasteiger partial charge in [-0.2, -0.15) is 0 Å². The predicted octanol–water partition coefficient (Wildman–Crippen LogP) is 5.06. The summed E-state index contributed by atoms with van der Waals surface area (Å²) >= 11 is 6.20. The number of hydrogen-bond donors (Lipinski definition) is 1. The van der Waals surface area contributed by atoms with Crippen LogP contribution < -0.4 is 10.5 Å². The summed E-state index contributed by atoms with van der Waals surface area (Å²) < 4.78 is 35.0. The van der Waals surface area contributed by atoms with Crippen LogP contribution in [0.3, 0.4) is 0 Å². The first-order chi connectivity index (χ1) is 13.0. The number of benzene rings is 3. The molecule has 2 N–H and O–H groups in total. The van der Waals surface area contributed by atoms with Crippen LogP contribution in [0.15, 0.2) is 54.6 Å². The zero-order chi connectivity index (χ0) is 19.1. The van der Waals surface area contributed by atoms with Crippen molar-refractivity contribution in [2.24, 2.45) is 5.73 Å². The number of amides is 1. The fourth-order valence-corrected chi connectivity index (χ4v) is 3.69. The molecule has 0 bridgehead atoms. The van der Waals surface area contributed by atoms with Gasteiger partial charge in [0.05, 0.1) is 5.02 Å². The SMILES string of the molecule is NC(=O)c1cccc(F)c1-c1c(Cl)c(F)cc2c1CC(c1ccccc1)O2. The van der Waals surface area contributed by atoms with E-state index < -0.39 is 17.5 Å². The summed E-state index contributed by atoms with van der Waals surface area (Å²) in [4.78, 5) is 11.8. The largest absolute Gasteiger partial charge is 0.485 e. The first-order valence-electron chi connectivity index (χ1n) is 8.28. The van der Waals surface area contributed by atoms with E-state index in [1.165, 1.54) is 24.3 Å². The average Bonchev–Trinajstić information content (AvgIpc) is 3.07. The molecule has 1 heterocycles. The number of fused-ring (bicyclic) bond motifs is 1. The van der Waals surface area contributed by atoms with Crippen LogP contribution in [0.1, 0.15) is 27.6 Å². The molecule has 6 heteroatoms. The maximum absolute atomic E-state index is 14.7. The fourth-order valence-electron chi connectivity index (χ4n) is 3.43. The van der Waals surface area contributed by atoms with E-state index in [1.54, 1.807) is 0 Å². The molecule has 27 heavy (non-hydrogen) atoms. The van der Waals surface area contributed by atoms with Crippen LogP contribution in [0.5, 0.6) is 5.75 Å². The first-order valence-corrected chi connectivity index (χ1v) is 8.66. The van der Waals surface area contributed by atoms with Crippen molar-refractivity contribution in [1.82, 2.24) is 0 Å². The minimum atomic E-state index is -0.822. The standard InChI is InChI=1S/C21H14ClF2NO2/c22-20-15(24)10-17-13(9-16(27-17)11-5-2-1-3-6-11)19(20)18-12(21(25)26)7-4-8-14(18)23/h1-8,10,16H,9H2,(H2,25,26). The highest BCUT2D eigenvalue weighted by Gasteiger charge is 2.32. The third-order valence-electron chi connectivity index (χ3n) is 4.65. The molecule has 0 spiro atoms. The van der Waals surface area contributed by atoms with E-state index in [0.717, 1.165) is 5.56 Å². The van der Waals surface area contributed by atoms with Gasteiger partial charge in [-0.15, -0.1) is 0 Å².